The molecule has 0 amide bonds. The van der Waals surface area contributed by atoms with Gasteiger partial charge in [-0.2, -0.15) is 0 Å². The summed E-state index contributed by atoms with van der Waals surface area (Å²) < 4.78 is 23.6. The largest absolute Gasteiger partial charge is 0.390 e. The first-order chi connectivity index (χ1) is 9.71. The molecule has 2 N–H and O–H groups in total. The molecule has 0 unspecified atom stereocenters. The van der Waals surface area contributed by atoms with Crippen molar-refractivity contribution >= 4 is 21.5 Å². The number of hydrogen-bond donors (Lipinski definition) is 1. The highest BCUT2D eigenvalue weighted by Crippen LogP contribution is 2.30. The number of benzene rings is 1. The summed E-state index contributed by atoms with van der Waals surface area (Å²) in [4.78, 5) is 19.3. The van der Waals surface area contributed by atoms with Gasteiger partial charge in [0.05, 0.1) is 22.3 Å². The standard InChI is InChI=1S/C9H7N5O6S/c10-21(19,20)7-3-1-2-6(9(7)14(17)18)12-5-4-8(11-12)13(15)16/h1-5H,(H2,10,19,20). The Kier molecular flexibility index (Phi) is 3.40. The number of aromatic nitrogens is 2. The molecule has 2 aromatic rings. The van der Waals surface area contributed by atoms with Crippen LogP contribution in [0.15, 0.2) is 35.4 Å². The van der Waals surface area contributed by atoms with Crippen LogP contribution in [0.4, 0.5) is 11.5 Å². The lowest BCUT2D eigenvalue weighted by atomic mass is 10.2. The van der Waals surface area contributed by atoms with E-state index in [1.54, 1.807) is 0 Å². The number of primary sulfonamides is 1. The molecule has 0 aliphatic carbocycles. The quantitative estimate of drug-likeness (QED) is 0.627. The molecule has 0 fully saturated rings. The molecule has 12 heteroatoms. The van der Waals surface area contributed by atoms with E-state index >= 15 is 0 Å². The first kappa shape index (κ1) is 14.5. The summed E-state index contributed by atoms with van der Waals surface area (Å²) in [6.45, 7) is 0. The molecule has 0 saturated heterocycles. The predicted molar refractivity (Wildman–Crippen MR) is 68.2 cm³/mol. The first-order valence-corrected chi connectivity index (χ1v) is 6.77. The molecule has 0 saturated carbocycles. The van der Waals surface area contributed by atoms with Gasteiger partial charge in [-0.05, 0) is 17.1 Å². The Hall–Kier alpha value is -2.86. The molecule has 2 rings (SSSR count). The minimum absolute atomic E-state index is 0.250. The average Bonchev–Trinajstić information content (AvgIpc) is 2.86. The van der Waals surface area contributed by atoms with Gasteiger partial charge in [0, 0.05) is 0 Å². The van der Waals surface area contributed by atoms with Crippen molar-refractivity contribution in [1.29, 1.82) is 0 Å². The highest BCUT2D eigenvalue weighted by Gasteiger charge is 2.29. The van der Waals surface area contributed by atoms with Gasteiger partial charge in [0.2, 0.25) is 10.0 Å². The number of para-hydroxylation sites is 1. The predicted octanol–water partition coefficient (Wildman–Crippen LogP) is 0.336. The van der Waals surface area contributed by atoms with Gasteiger partial charge in [-0.1, -0.05) is 6.07 Å². The second kappa shape index (κ2) is 4.92. The first-order valence-electron chi connectivity index (χ1n) is 5.22. The molecule has 1 heterocycles. The number of rotatable bonds is 4. The molecule has 1 aromatic carbocycles. The van der Waals surface area contributed by atoms with Crippen LogP contribution in [0, 0.1) is 20.2 Å². The van der Waals surface area contributed by atoms with E-state index in [-0.39, 0.29) is 5.69 Å². The normalized spacial score (nSPS) is 11.3. The second-order valence-corrected chi connectivity index (χ2v) is 5.33. The average molecular weight is 313 g/mol. The van der Waals surface area contributed by atoms with Gasteiger partial charge in [-0.25, -0.2) is 13.6 Å². The van der Waals surface area contributed by atoms with Gasteiger partial charge in [-0.15, -0.1) is 4.68 Å². The number of nitro benzene ring substituents is 1. The number of nitro groups is 2. The van der Waals surface area contributed by atoms with Crippen molar-refractivity contribution in [2.75, 3.05) is 0 Å². The molecule has 21 heavy (non-hydrogen) atoms. The SMILES string of the molecule is NS(=O)(=O)c1cccc(-n2ccc([N+](=O)[O-])n2)c1[N+](=O)[O-]. The lowest BCUT2D eigenvalue weighted by molar-refractivity contribution is -0.390. The van der Waals surface area contributed by atoms with Gasteiger partial charge < -0.3 is 10.1 Å². The number of nitrogens with two attached hydrogens (primary N) is 1. The van der Waals surface area contributed by atoms with Crippen LogP contribution in [0.2, 0.25) is 0 Å². The number of nitrogens with zero attached hydrogens (tertiary/aromatic N) is 4. The minimum atomic E-state index is -4.34. The van der Waals surface area contributed by atoms with Gasteiger partial charge in [0.1, 0.15) is 0 Å². The van der Waals surface area contributed by atoms with Crippen molar-refractivity contribution in [2.45, 2.75) is 4.90 Å². The molecule has 11 nitrogen and oxygen atoms in total. The summed E-state index contributed by atoms with van der Waals surface area (Å²) in [6, 6.07) is 4.40. The Balaban J connectivity index is 2.74. The molecule has 110 valence electrons. The summed E-state index contributed by atoms with van der Waals surface area (Å²) in [5.41, 5.74) is -1.06. The topological polar surface area (TPSA) is 164 Å². The van der Waals surface area contributed by atoms with Crippen molar-refractivity contribution in [2.24, 2.45) is 5.14 Å². The third-order valence-electron chi connectivity index (χ3n) is 2.48. The Labute approximate surface area is 117 Å². The van der Waals surface area contributed by atoms with Crippen LogP contribution >= 0.6 is 0 Å². The van der Waals surface area contributed by atoms with Gasteiger partial charge in [-0.3, -0.25) is 10.1 Å². The van der Waals surface area contributed by atoms with Crippen molar-refractivity contribution in [1.82, 2.24) is 9.78 Å². The van der Waals surface area contributed by atoms with E-state index in [2.05, 4.69) is 5.10 Å². The van der Waals surface area contributed by atoms with E-state index in [4.69, 9.17) is 5.14 Å². The summed E-state index contributed by atoms with van der Waals surface area (Å²) in [5, 5.41) is 30.1. The van der Waals surface area contributed by atoms with E-state index in [9.17, 15) is 28.6 Å². The van der Waals surface area contributed by atoms with E-state index in [0.717, 1.165) is 23.0 Å². The Bertz CT molecular complexity index is 842. The zero-order chi connectivity index (χ0) is 15.8. The fourth-order valence-corrected chi connectivity index (χ4v) is 2.37. The van der Waals surface area contributed by atoms with Gasteiger partial charge in [0.15, 0.2) is 10.6 Å². The van der Waals surface area contributed by atoms with E-state index in [0.29, 0.717) is 0 Å². The molecule has 0 bridgehead atoms. The third kappa shape index (κ3) is 2.70. The second-order valence-electron chi connectivity index (χ2n) is 3.80. The summed E-state index contributed by atoms with van der Waals surface area (Å²) in [6.07, 6.45) is 1.10. The van der Waals surface area contributed by atoms with Crippen LogP contribution in [0.25, 0.3) is 5.69 Å². The van der Waals surface area contributed by atoms with E-state index < -0.39 is 36.3 Å². The zero-order valence-electron chi connectivity index (χ0n) is 10.1. The molecule has 0 aliphatic heterocycles. The molecule has 0 spiro atoms. The molecule has 0 atom stereocenters. The monoisotopic (exact) mass is 313 g/mol. The van der Waals surface area contributed by atoms with Gasteiger partial charge in [0.25, 0.3) is 0 Å². The zero-order valence-corrected chi connectivity index (χ0v) is 10.9. The minimum Gasteiger partial charge on any atom is -0.358 e. The van der Waals surface area contributed by atoms with Crippen LogP contribution < -0.4 is 5.14 Å². The Morgan fingerprint density at radius 3 is 2.29 bits per heavy atom. The maximum atomic E-state index is 11.4. The lowest BCUT2D eigenvalue weighted by Crippen LogP contribution is -2.15. The maximum Gasteiger partial charge on any atom is 0.390 e. The smallest absolute Gasteiger partial charge is 0.358 e. The molecule has 1 aromatic heterocycles. The van der Waals surface area contributed by atoms with Crippen LogP contribution in [-0.4, -0.2) is 28.0 Å². The molecular formula is C9H7N5O6S. The van der Waals surface area contributed by atoms with Crippen molar-refractivity contribution in [3.8, 4) is 5.69 Å². The van der Waals surface area contributed by atoms with Crippen LogP contribution in [-0.2, 0) is 10.0 Å². The summed E-state index contributed by atoms with van der Waals surface area (Å²) in [5.74, 6) is -0.537. The number of hydrogen-bond acceptors (Lipinski definition) is 7. The van der Waals surface area contributed by atoms with Crippen LogP contribution in [0.3, 0.4) is 0 Å². The van der Waals surface area contributed by atoms with E-state index in [1.807, 2.05) is 0 Å². The highest BCUT2D eigenvalue weighted by molar-refractivity contribution is 7.89. The van der Waals surface area contributed by atoms with Gasteiger partial charge >= 0.3 is 11.5 Å². The molecule has 0 radical (unpaired) electrons. The summed E-state index contributed by atoms with van der Waals surface area (Å²) in [7, 11) is -4.34. The van der Waals surface area contributed by atoms with Crippen molar-refractivity contribution in [3.63, 3.8) is 0 Å². The Morgan fingerprint density at radius 1 is 1.14 bits per heavy atom. The maximum absolute atomic E-state index is 11.4. The number of sulfonamides is 1. The lowest BCUT2D eigenvalue weighted by Gasteiger charge is -2.04. The Morgan fingerprint density at radius 2 is 1.81 bits per heavy atom. The fourth-order valence-electron chi connectivity index (χ4n) is 1.65. The van der Waals surface area contributed by atoms with Crippen LogP contribution in [0.5, 0.6) is 0 Å². The summed E-state index contributed by atoms with van der Waals surface area (Å²) >= 11 is 0. The molecular weight excluding hydrogens is 306 g/mol. The fraction of sp³-hybridized carbons (Fsp3) is 0. The highest BCUT2D eigenvalue weighted by atomic mass is 32.2. The van der Waals surface area contributed by atoms with Crippen molar-refractivity contribution < 1.29 is 18.3 Å². The van der Waals surface area contributed by atoms with Crippen LogP contribution in [0.1, 0.15) is 0 Å². The van der Waals surface area contributed by atoms with E-state index in [1.165, 1.54) is 12.1 Å². The third-order valence-corrected chi connectivity index (χ3v) is 3.42. The molecule has 0 aliphatic rings. The van der Waals surface area contributed by atoms with Crippen molar-refractivity contribution in [3.05, 3.63) is 50.7 Å².